The van der Waals surface area contributed by atoms with Crippen LogP contribution in [-0.2, 0) is 10.0 Å². The first-order valence-corrected chi connectivity index (χ1v) is 8.95. The molecule has 0 spiro atoms. The Morgan fingerprint density at radius 1 is 1.29 bits per heavy atom. The zero-order valence-electron chi connectivity index (χ0n) is 12.0. The lowest BCUT2D eigenvalue weighted by Crippen LogP contribution is -2.32. The number of rotatable bonds is 6. The fourth-order valence-electron chi connectivity index (χ4n) is 2.32. The Kier molecular flexibility index (Phi) is 5.62. The number of sulfonamides is 1. The van der Waals surface area contributed by atoms with Crippen LogP contribution in [0.25, 0.3) is 0 Å². The Hall–Kier alpha value is -1.10. The zero-order valence-corrected chi connectivity index (χ0v) is 13.6. The van der Waals surface area contributed by atoms with Gasteiger partial charge in [0.05, 0.1) is 4.90 Å². The third-order valence-electron chi connectivity index (χ3n) is 3.52. The Labute approximate surface area is 131 Å². The molecule has 1 N–H and O–H groups in total. The van der Waals surface area contributed by atoms with E-state index in [1.807, 2.05) is 13.0 Å². The molecule has 1 aromatic rings. The molecule has 0 bridgehead atoms. The number of nitrogens with one attached hydrogen (secondary N) is 1. The first kappa shape index (κ1) is 16.3. The van der Waals surface area contributed by atoms with Crippen molar-refractivity contribution in [3.05, 3.63) is 53.6 Å². The molecule has 0 saturated heterocycles. The summed E-state index contributed by atoms with van der Waals surface area (Å²) in [5, 5.41) is 0.527. The number of benzene rings is 1. The molecule has 2 unspecified atom stereocenters. The van der Waals surface area contributed by atoms with Gasteiger partial charge in [-0.15, -0.1) is 0 Å². The highest BCUT2D eigenvalue weighted by Gasteiger charge is 2.18. The van der Waals surface area contributed by atoms with Gasteiger partial charge in [-0.25, -0.2) is 13.1 Å². The maximum atomic E-state index is 12.2. The SMILES string of the molecule is CC(CCC1C=CC=CC1)NS(=O)(=O)c1ccc(Cl)cc1. The van der Waals surface area contributed by atoms with Crippen molar-refractivity contribution in [1.82, 2.24) is 4.72 Å². The molecule has 0 amide bonds. The van der Waals surface area contributed by atoms with Crippen LogP contribution < -0.4 is 4.72 Å². The van der Waals surface area contributed by atoms with Gasteiger partial charge in [0, 0.05) is 11.1 Å². The van der Waals surface area contributed by atoms with Crippen LogP contribution in [0.1, 0.15) is 26.2 Å². The summed E-state index contributed by atoms with van der Waals surface area (Å²) in [5.74, 6) is 0.512. The van der Waals surface area contributed by atoms with E-state index in [-0.39, 0.29) is 10.9 Å². The maximum Gasteiger partial charge on any atom is 0.240 e. The van der Waals surface area contributed by atoms with Crippen molar-refractivity contribution in [1.29, 1.82) is 0 Å². The highest BCUT2D eigenvalue weighted by atomic mass is 35.5. The van der Waals surface area contributed by atoms with Gasteiger partial charge in [-0.1, -0.05) is 35.9 Å². The van der Waals surface area contributed by atoms with Crippen LogP contribution in [0.4, 0.5) is 0 Å². The molecule has 0 radical (unpaired) electrons. The summed E-state index contributed by atoms with van der Waals surface area (Å²) in [6.45, 7) is 1.90. The molecule has 3 nitrogen and oxygen atoms in total. The second-order valence-corrected chi connectivity index (χ2v) is 7.51. The highest BCUT2D eigenvalue weighted by molar-refractivity contribution is 7.89. The summed E-state index contributed by atoms with van der Waals surface area (Å²) < 4.78 is 27.2. The van der Waals surface area contributed by atoms with E-state index in [0.717, 1.165) is 19.3 Å². The Morgan fingerprint density at radius 3 is 2.62 bits per heavy atom. The van der Waals surface area contributed by atoms with E-state index in [9.17, 15) is 8.42 Å². The summed E-state index contributed by atoms with van der Waals surface area (Å²) >= 11 is 5.78. The molecule has 0 aliphatic heterocycles. The molecule has 1 aliphatic carbocycles. The molecule has 5 heteroatoms. The predicted molar refractivity (Wildman–Crippen MR) is 86.9 cm³/mol. The van der Waals surface area contributed by atoms with Crippen LogP contribution in [0.3, 0.4) is 0 Å². The minimum Gasteiger partial charge on any atom is -0.208 e. The van der Waals surface area contributed by atoms with E-state index in [1.54, 1.807) is 12.1 Å². The van der Waals surface area contributed by atoms with E-state index in [0.29, 0.717) is 10.9 Å². The summed E-state index contributed by atoms with van der Waals surface area (Å²) in [6.07, 6.45) is 11.3. The van der Waals surface area contributed by atoms with Crippen molar-refractivity contribution in [3.63, 3.8) is 0 Å². The van der Waals surface area contributed by atoms with E-state index < -0.39 is 10.0 Å². The summed E-state index contributed by atoms with van der Waals surface area (Å²) in [7, 11) is -3.47. The van der Waals surface area contributed by atoms with Crippen LogP contribution >= 0.6 is 11.6 Å². The fourth-order valence-corrected chi connectivity index (χ4v) is 3.72. The predicted octanol–water partition coefficient (Wildman–Crippen LogP) is 3.92. The molecule has 2 rings (SSSR count). The van der Waals surface area contributed by atoms with E-state index >= 15 is 0 Å². The molecule has 21 heavy (non-hydrogen) atoms. The topological polar surface area (TPSA) is 46.2 Å². The lowest BCUT2D eigenvalue weighted by molar-refractivity contribution is 0.490. The number of halogens is 1. The maximum absolute atomic E-state index is 12.2. The van der Waals surface area contributed by atoms with Gasteiger partial charge in [0.2, 0.25) is 10.0 Å². The van der Waals surface area contributed by atoms with Gasteiger partial charge < -0.3 is 0 Å². The normalized spacial score (nSPS) is 19.6. The lowest BCUT2D eigenvalue weighted by atomic mass is 9.94. The van der Waals surface area contributed by atoms with Gasteiger partial charge in [-0.3, -0.25) is 0 Å². The molecule has 0 aromatic heterocycles. The number of allylic oxidation sites excluding steroid dienone is 4. The summed E-state index contributed by atoms with van der Waals surface area (Å²) in [6, 6.07) is 6.11. The van der Waals surface area contributed by atoms with E-state index in [1.165, 1.54) is 12.1 Å². The third-order valence-corrected chi connectivity index (χ3v) is 5.38. The van der Waals surface area contributed by atoms with Crippen LogP contribution in [-0.4, -0.2) is 14.5 Å². The molecule has 1 aliphatic rings. The smallest absolute Gasteiger partial charge is 0.208 e. The molecule has 114 valence electrons. The molecular weight excluding hydrogens is 306 g/mol. The molecule has 0 heterocycles. The second kappa shape index (κ2) is 7.25. The number of hydrogen-bond donors (Lipinski definition) is 1. The summed E-state index contributed by atoms with van der Waals surface area (Å²) in [5.41, 5.74) is 0. The highest BCUT2D eigenvalue weighted by Crippen LogP contribution is 2.19. The third kappa shape index (κ3) is 4.99. The monoisotopic (exact) mass is 325 g/mol. The molecule has 2 atom stereocenters. The van der Waals surface area contributed by atoms with Gasteiger partial charge in [0.25, 0.3) is 0 Å². The van der Waals surface area contributed by atoms with Crippen molar-refractivity contribution in [2.24, 2.45) is 5.92 Å². The largest absolute Gasteiger partial charge is 0.240 e. The zero-order chi connectivity index (χ0) is 15.3. The van der Waals surface area contributed by atoms with E-state index in [4.69, 9.17) is 11.6 Å². The van der Waals surface area contributed by atoms with Crippen molar-refractivity contribution in [3.8, 4) is 0 Å². The van der Waals surface area contributed by atoms with Gasteiger partial charge in [-0.2, -0.15) is 0 Å². The van der Waals surface area contributed by atoms with Crippen LogP contribution in [0.2, 0.25) is 5.02 Å². The lowest BCUT2D eigenvalue weighted by Gasteiger charge is -2.18. The van der Waals surface area contributed by atoms with Crippen molar-refractivity contribution < 1.29 is 8.42 Å². The average Bonchev–Trinajstić information content (AvgIpc) is 2.46. The van der Waals surface area contributed by atoms with Crippen molar-refractivity contribution in [2.45, 2.75) is 37.1 Å². The second-order valence-electron chi connectivity index (χ2n) is 5.36. The van der Waals surface area contributed by atoms with Gasteiger partial charge in [0.1, 0.15) is 0 Å². The van der Waals surface area contributed by atoms with E-state index in [2.05, 4.69) is 23.0 Å². The number of hydrogen-bond acceptors (Lipinski definition) is 2. The van der Waals surface area contributed by atoms with Gasteiger partial charge in [-0.05, 0) is 56.4 Å². The summed E-state index contributed by atoms with van der Waals surface area (Å²) in [4.78, 5) is 0.249. The van der Waals surface area contributed by atoms with Crippen LogP contribution in [0.5, 0.6) is 0 Å². The standard InChI is InChI=1S/C16H20ClNO2S/c1-13(7-8-14-5-3-2-4-6-14)18-21(19,20)16-11-9-15(17)10-12-16/h2-5,9-14,18H,6-8H2,1H3. The van der Waals surface area contributed by atoms with Gasteiger partial charge in [0.15, 0.2) is 0 Å². The Morgan fingerprint density at radius 2 is 2.00 bits per heavy atom. The van der Waals surface area contributed by atoms with Crippen molar-refractivity contribution in [2.75, 3.05) is 0 Å². The minimum atomic E-state index is -3.47. The first-order valence-electron chi connectivity index (χ1n) is 7.08. The molecule has 1 aromatic carbocycles. The Balaban J connectivity index is 1.89. The van der Waals surface area contributed by atoms with Crippen molar-refractivity contribution >= 4 is 21.6 Å². The first-order chi connectivity index (χ1) is 9.97. The fraction of sp³-hybridized carbons (Fsp3) is 0.375. The minimum absolute atomic E-state index is 0.0926. The van der Waals surface area contributed by atoms with Crippen LogP contribution in [0, 0.1) is 5.92 Å². The van der Waals surface area contributed by atoms with Crippen LogP contribution in [0.15, 0.2) is 53.5 Å². The average molecular weight is 326 g/mol. The quantitative estimate of drug-likeness (QED) is 0.861. The van der Waals surface area contributed by atoms with Gasteiger partial charge >= 0.3 is 0 Å². The Bertz CT molecular complexity index is 620. The molecule has 0 saturated carbocycles. The molecular formula is C16H20ClNO2S. The molecule has 0 fully saturated rings.